The summed E-state index contributed by atoms with van der Waals surface area (Å²) < 4.78 is 5.17. The molecule has 0 spiro atoms. The van der Waals surface area contributed by atoms with Gasteiger partial charge in [0.1, 0.15) is 0 Å². The van der Waals surface area contributed by atoms with Gasteiger partial charge < -0.3 is 10.5 Å². The zero-order valence-electron chi connectivity index (χ0n) is 20.8. The van der Waals surface area contributed by atoms with Crippen molar-refractivity contribution in [2.75, 3.05) is 6.61 Å². The molecule has 0 aliphatic rings. The molecule has 0 rings (SSSR count). The van der Waals surface area contributed by atoms with Gasteiger partial charge in [-0.05, 0) is 12.8 Å². The average Bonchev–Trinajstić information content (AvgIpc) is 2.74. The van der Waals surface area contributed by atoms with E-state index in [2.05, 4.69) is 6.92 Å². The normalized spacial score (nSPS) is 11.0. The number of nitrogens with two attached hydrogens (primary N) is 1. The molecule has 0 saturated heterocycles. The van der Waals surface area contributed by atoms with Crippen LogP contribution in [0, 0.1) is 0 Å². The van der Waals surface area contributed by atoms with Gasteiger partial charge >= 0.3 is 5.97 Å². The first-order chi connectivity index (χ1) is 15.2. The third-order valence-electron chi connectivity index (χ3n) is 6.07. The van der Waals surface area contributed by atoms with Gasteiger partial charge in [-0.15, -0.1) is 0 Å². The number of amides is 1. The van der Waals surface area contributed by atoms with Gasteiger partial charge in [0, 0.05) is 12.8 Å². The van der Waals surface area contributed by atoms with E-state index >= 15 is 0 Å². The van der Waals surface area contributed by atoms with Gasteiger partial charge in [0.25, 0.3) is 0 Å². The van der Waals surface area contributed by atoms with Crippen LogP contribution >= 0.6 is 0 Å². The van der Waals surface area contributed by atoms with E-state index in [1.165, 1.54) is 116 Å². The van der Waals surface area contributed by atoms with E-state index in [1.807, 2.05) is 0 Å². The van der Waals surface area contributed by atoms with Crippen molar-refractivity contribution in [2.24, 2.45) is 5.73 Å². The first kappa shape index (κ1) is 29.9. The van der Waals surface area contributed by atoms with Crippen LogP contribution in [0.1, 0.15) is 155 Å². The van der Waals surface area contributed by atoms with Crippen molar-refractivity contribution in [3.63, 3.8) is 0 Å². The molecule has 4 nitrogen and oxygen atoms in total. The van der Waals surface area contributed by atoms with Gasteiger partial charge in [0.15, 0.2) is 0 Å². The maximum atomic E-state index is 11.5. The number of primary amides is 1. The van der Waals surface area contributed by atoms with E-state index < -0.39 is 0 Å². The molecule has 0 heterocycles. The summed E-state index contributed by atoms with van der Waals surface area (Å²) in [6.07, 6.45) is 28.3. The number of hydrogen-bond acceptors (Lipinski definition) is 3. The molecule has 0 unspecified atom stereocenters. The van der Waals surface area contributed by atoms with Crippen molar-refractivity contribution in [1.29, 1.82) is 0 Å². The zero-order chi connectivity index (χ0) is 22.8. The number of carbonyl (C=O) groups excluding carboxylic acids is 2. The van der Waals surface area contributed by atoms with Crippen LogP contribution in [0.2, 0.25) is 0 Å². The SMILES string of the molecule is CCCCCCCCCCCCCCCCCCCCCCOC(=O)CCCC(N)=O. The standard InChI is InChI=1S/C27H53NO3/c1-2-3-4-5-6-7-8-9-10-11-12-13-14-15-16-17-18-19-20-21-25-31-27(30)24-22-23-26(28)29/h2-25H2,1H3,(H2,28,29). The summed E-state index contributed by atoms with van der Waals surface area (Å²) in [7, 11) is 0. The summed E-state index contributed by atoms with van der Waals surface area (Å²) >= 11 is 0. The molecule has 0 fully saturated rings. The second kappa shape index (κ2) is 25.2. The van der Waals surface area contributed by atoms with Crippen LogP contribution < -0.4 is 5.73 Å². The Morgan fingerprint density at radius 3 is 1.23 bits per heavy atom. The summed E-state index contributed by atoms with van der Waals surface area (Å²) in [5.41, 5.74) is 5.05. The molecule has 184 valence electrons. The van der Waals surface area contributed by atoms with E-state index in [4.69, 9.17) is 10.5 Å². The minimum atomic E-state index is -0.359. The number of unbranched alkanes of at least 4 members (excludes halogenated alkanes) is 19. The number of rotatable bonds is 25. The molecule has 0 aliphatic heterocycles. The van der Waals surface area contributed by atoms with E-state index in [-0.39, 0.29) is 18.3 Å². The third-order valence-corrected chi connectivity index (χ3v) is 6.07. The van der Waals surface area contributed by atoms with Gasteiger partial charge in [-0.25, -0.2) is 0 Å². The van der Waals surface area contributed by atoms with Gasteiger partial charge in [0.2, 0.25) is 5.91 Å². The lowest BCUT2D eigenvalue weighted by Gasteiger charge is -2.05. The molecule has 0 atom stereocenters. The third kappa shape index (κ3) is 26.9. The fraction of sp³-hybridized carbons (Fsp3) is 0.926. The Bertz CT molecular complexity index is 398. The highest BCUT2D eigenvalue weighted by molar-refractivity contribution is 5.75. The van der Waals surface area contributed by atoms with Crippen LogP contribution in [0.4, 0.5) is 0 Å². The van der Waals surface area contributed by atoms with Crippen molar-refractivity contribution in [3.8, 4) is 0 Å². The van der Waals surface area contributed by atoms with Crippen molar-refractivity contribution in [3.05, 3.63) is 0 Å². The molecular formula is C27H53NO3. The largest absolute Gasteiger partial charge is 0.466 e. The molecule has 0 aliphatic carbocycles. The summed E-state index contributed by atoms with van der Waals surface area (Å²) in [5.74, 6) is -0.569. The van der Waals surface area contributed by atoms with Crippen molar-refractivity contribution >= 4 is 11.9 Å². The Hall–Kier alpha value is -1.06. The van der Waals surface area contributed by atoms with E-state index in [9.17, 15) is 9.59 Å². The fourth-order valence-electron chi connectivity index (χ4n) is 4.02. The van der Waals surface area contributed by atoms with Crippen LogP contribution in [0.5, 0.6) is 0 Å². The highest BCUT2D eigenvalue weighted by Gasteiger charge is 2.04. The van der Waals surface area contributed by atoms with Crippen molar-refractivity contribution in [2.45, 2.75) is 155 Å². The van der Waals surface area contributed by atoms with Gasteiger partial charge in [-0.3, -0.25) is 9.59 Å². The molecule has 2 N–H and O–H groups in total. The molecule has 0 saturated carbocycles. The zero-order valence-corrected chi connectivity index (χ0v) is 20.8. The summed E-state index contributed by atoms with van der Waals surface area (Å²) in [6, 6.07) is 0. The minimum absolute atomic E-state index is 0.209. The molecule has 31 heavy (non-hydrogen) atoms. The van der Waals surface area contributed by atoms with E-state index in [0.717, 1.165) is 12.8 Å². The number of ether oxygens (including phenoxy) is 1. The maximum absolute atomic E-state index is 11.5. The first-order valence-electron chi connectivity index (χ1n) is 13.6. The van der Waals surface area contributed by atoms with Crippen LogP contribution in [-0.2, 0) is 14.3 Å². The molecule has 1 amide bonds. The van der Waals surface area contributed by atoms with Gasteiger partial charge in [-0.1, -0.05) is 129 Å². The summed E-state index contributed by atoms with van der Waals surface area (Å²) in [5, 5.41) is 0. The maximum Gasteiger partial charge on any atom is 0.305 e. The quantitative estimate of drug-likeness (QED) is 0.116. The monoisotopic (exact) mass is 439 g/mol. The molecule has 0 aromatic heterocycles. The minimum Gasteiger partial charge on any atom is -0.466 e. The van der Waals surface area contributed by atoms with E-state index in [0.29, 0.717) is 19.4 Å². The molecule has 0 aromatic rings. The highest BCUT2D eigenvalue weighted by atomic mass is 16.5. The number of hydrogen-bond donors (Lipinski definition) is 1. The Kier molecular flexibility index (Phi) is 24.3. The van der Waals surface area contributed by atoms with Crippen LogP contribution in [0.3, 0.4) is 0 Å². The molecule has 0 radical (unpaired) electrons. The Labute approximate surface area is 193 Å². The summed E-state index contributed by atoms with van der Waals surface area (Å²) in [4.78, 5) is 22.1. The molecule has 4 heteroatoms. The van der Waals surface area contributed by atoms with E-state index in [1.54, 1.807) is 0 Å². The molecule has 0 aromatic carbocycles. The Balaban J connectivity index is 3.09. The Morgan fingerprint density at radius 1 is 0.516 bits per heavy atom. The van der Waals surface area contributed by atoms with Gasteiger partial charge in [-0.2, -0.15) is 0 Å². The molecule has 0 bridgehead atoms. The highest BCUT2D eigenvalue weighted by Crippen LogP contribution is 2.14. The predicted molar refractivity (Wildman–Crippen MR) is 132 cm³/mol. The lowest BCUT2D eigenvalue weighted by molar-refractivity contribution is -0.143. The second-order valence-corrected chi connectivity index (χ2v) is 9.26. The van der Waals surface area contributed by atoms with Crippen molar-refractivity contribution < 1.29 is 14.3 Å². The van der Waals surface area contributed by atoms with Crippen molar-refractivity contribution in [1.82, 2.24) is 0 Å². The lowest BCUT2D eigenvalue weighted by atomic mass is 10.0. The topological polar surface area (TPSA) is 69.4 Å². The van der Waals surface area contributed by atoms with Gasteiger partial charge in [0.05, 0.1) is 6.61 Å². The number of esters is 1. The summed E-state index contributed by atoms with van der Waals surface area (Å²) in [6.45, 7) is 2.79. The average molecular weight is 440 g/mol. The fourth-order valence-corrected chi connectivity index (χ4v) is 4.02. The van der Waals surface area contributed by atoms with Crippen LogP contribution in [0.15, 0.2) is 0 Å². The first-order valence-corrected chi connectivity index (χ1v) is 13.6. The lowest BCUT2D eigenvalue weighted by Crippen LogP contribution is -2.12. The smallest absolute Gasteiger partial charge is 0.305 e. The molecular weight excluding hydrogens is 386 g/mol. The van der Waals surface area contributed by atoms with Crippen LogP contribution in [-0.4, -0.2) is 18.5 Å². The predicted octanol–water partition coefficient (Wildman–Crippen LogP) is 8.01. The Morgan fingerprint density at radius 2 is 0.871 bits per heavy atom. The van der Waals surface area contributed by atoms with Crippen LogP contribution in [0.25, 0.3) is 0 Å². The number of carbonyl (C=O) groups is 2. The second-order valence-electron chi connectivity index (χ2n) is 9.26.